The van der Waals surface area contributed by atoms with Gasteiger partial charge in [-0.1, -0.05) is 65.5 Å². The normalized spacial score (nSPS) is 37.3. The Morgan fingerprint density at radius 3 is 2.59 bits per heavy atom. The predicted molar refractivity (Wildman–Crippen MR) is 158 cm³/mol. The van der Waals surface area contributed by atoms with Crippen LogP contribution in [0.2, 0.25) is 0 Å². The Balaban J connectivity index is 1.31. The van der Waals surface area contributed by atoms with E-state index in [4.69, 9.17) is 9.47 Å². The average molecular weight is 546 g/mol. The zero-order valence-electron chi connectivity index (χ0n) is 26.0. The molecule has 3 saturated carbocycles. The quantitative estimate of drug-likeness (QED) is 0.245. The van der Waals surface area contributed by atoms with Gasteiger partial charge >= 0.3 is 6.09 Å². The topological polar surface area (TPSA) is 67.8 Å². The van der Waals surface area contributed by atoms with Crippen molar-refractivity contribution in [2.24, 2.45) is 46.3 Å². The standard InChI is InChI=1S/C34H59NO4/c1-23(2)8-7-9-24(3)29-12-13-30-28-11-10-25-22-27(39-32(37)35-20-16-26(36)17-21-38-6)14-18-33(25,4)31(28)15-19-34(29,30)5/h10,23-24,26-31,36H,7-9,11-22H2,1-6H3,(H,35,37)/t24-,26?,27+,28?,29-,30?,31?,33+,34-/m0/s1. The van der Waals surface area contributed by atoms with Crippen molar-refractivity contribution < 1.29 is 19.4 Å². The van der Waals surface area contributed by atoms with Gasteiger partial charge in [-0.15, -0.1) is 0 Å². The molecule has 0 aromatic rings. The van der Waals surface area contributed by atoms with Crippen LogP contribution >= 0.6 is 0 Å². The molecule has 5 heteroatoms. The van der Waals surface area contributed by atoms with Gasteiger partial charge in [0, 0.05) is 26.7 Å². The summed E-state index contributed by atoms with van der Waals surface area (Å²) in [6.07, 6.45) is 16.9. The van der Waals surface area contributed by atoms with Crippen LogP contribution in [-0.2, 0) is 9.47 Å². The summed E-state index contributed by atoms with van der Waals surface area (Å²) in [5.74, 6) is 5.07. The van der Waals surface area contributed by atoms with Crippen molar-refractivity contribution in [2.45, 2.75) is 130 Å². The summed E-state index contributed by atoms with van der Waals surface area (Å²) in [5.41, 5.74) is 2.35. The fraction of sp³-hybridized carbons (Fsp3) is 0.912. The van der Waals surface area contributed by atoms with Crippen molar-refractivity contribution >= 4 is 6.09 Å². The first-order valence-corrected chi connectivity index (χ1v) is 16.4. The molecule has 4 aliphatic carbocycles. The second kappa shape index (κ2) is 13.3. The molecule has 39 heavy (non-hydrogen) atoms. The number of carbonyl (C=O) groups excluding carboxylic acids is 1. The molecular formula is C34H59NO4. The molecule has 0 spiro atoms. The molecule has 0 heterocycles. The first kappa shape index (κ1) is 30.9. The predicted octanol–water partition coefficient (Wildman–Crippen LogP) is 7.91. The van der Waals surface area contributed by atoms with Gasteiger partial charge in [0.15, 0.2) is 0 Å². The summed E-state index contributed by atoms with van der Waals surface area (Å²) >= 11 is 0. The molecule has 0 aromatic heterocycles. The van der Waals surface area contributed by atoms with Gasteiger partial charge in [-0.3, -0.25) is 0 Å². The largest absolute Gasteiger partial charge is 0.446 e. The van der Waals surface area contributed by atoms with Gasteiger partial charge in [0.05, 0.1) is 6.10 Å². The van der Waals surface area contributed by atoms with Crippen molar-refractivity contribution in [3.63, 3.8) is 0 Å². The first-order valence-electron chi connectivity index (χ1n) is 16.4. The van der Waals surface area contributed by atoms with Crippen molar-refractivity contribution in [1.82, 2.24) is 5.32 Å². The number of hydrogen-bond donors (Lipinski definition) is 2. The maximum atomic E-state index is 12.5. The van der Waals surface area contributed by atoms with Crippen LogP contribution in [0.4, 0.5) is 4.79 Å². The van der Waals surface area contributed by atoms with Crippen LogP contribution in [0.3, 0.4) is 0 Å². The minimum atomic E-state index is -0.457. The van der Waals surface area contributed by atoms with Gasteiger partial charge in [0.1, 0.15) is 6.10 Å². The maximum Gasteiger partial charge on any atom is 0.407 e. The van der Waals surface area contributed by atoms with Crippen molar-refractivity contribution in [3.8, 4) is 0 Å². The van der Waals surface area contributed by atoms with Crippen LogP contribution in [0.1, 0.15) is 118 Å². The highest BCUT2D eigenvalue weighted by atomic mass is 16.6. The third-order valence-electron chi connectivity index (χ3n) is 11.9. The lowest BCUT2D eigenvalue weighted by molar-refractivity contribution is -0.0581. The molecule has 0 bridgehead atoms. The van der Waals surface area contributed by atoms with E-state index in [-0.39, 0.29) is 17.6 Å². The lowest BCUT2D eigenvalue weighted by Gasteiger charge is -2.58. The van der Waals surface area contributed by atoms with Crippen LogP contribution in [0.25, 0.3) is 0 Å². The minimum Gasteiger partial charge on any atom is -0.446 e. The third kappa shape index (κ3) is 6.88. The summed E-state index contributed by atoms with van der Waals surface area (Å²) in [6.45, 7) is 13.4. The highest BCUT2D eigenvalue weighted by molar-refractivity contribution is 5.67. The molecule has 4 aliphatic rings. The highest BCUT2D eigenvalue weighted by Gasteiger charge is 2.59. The van der Waals surface area contributed by atoms with Crippen LogP contribution < -0.4 is 5.32 Å². The summed E-state index contributed by atoms with van der Waals surface area (Å²) in [5, 5.41) is 12.8. The van der Waals surface area contributed by atoms with Gasteiger partial charge in [0.25, 0.3) is 0 Å². The number of carbonyl (C=O) groups is 1. The molecule has 4 rings (SSSR count). The van der Waals surface area contributed by atoms with Crippen LogP contribution in [0.15, 0.2) is 11.6 Å². The number of fused-ring (bicyclic) bond motifs is 5. The fourth-order valence-electron chi connectivity index (χ4n) is 9.68. The molecule has 224 valence electrons. The van der Waals surface area contributed by atoms with E-state index in [1.54, 1.807) is 12.7 Å². The van der Waals surface area contributed by atoms with Crippen LogP contribution in [-0.4, -0.2) is 43.7 Å². The minimum absolute atomic E-state index is 0.0318. The van der Waals surface area contributed by atoms with Crippen molar-refractivity contribution in [1.29, 1.82) is 0 Å². The molecule has 3 fully saturated rings. The van der Waals surface area contributed by atoms with E-state index >= 15 is 0 Å². The average Bonchev–Trinajstić information content (AvgIpc) is 3.24. The first-order chi connectivity index (χ1) is 18.6. The van der Waals surface area contributed by atoms with E-state index in [0.717, 1.165) is 54.8 Å². The molecule has 1 amide bonds. The molecule has 0 radical (unpaired) electrons. The van der Waals surface area contributed by atoms with E-state index < -0.39 is 6.10 Å². The zero-order chi connectivity index (χ0) is 28.2. The number of amides is 1. The van der Waals surface area contributed by atoms with E-state index in [9.17, 15) is 9.90 Å². The number of allylic oxidation sites excluding steroid dienone is 1. The van der Waals surface area contributed by atoms with E-state index in [0.29, 0.717) is 31.4 Å². The lowest BCUT2D eigenvalue weighted by atomic mass is 9.47. The Hall–Kier alpha value is -1.07. The molecule has 9 atom stereocenters. The number of hydrogen-bond acceptors (Lipinski definition) is 4. The molecule has 2 N–H and O–H groups in total. The van der Waals surface area contributed by atoms with Gasteiger partial charge in [-0.2, -0.15) is 0 Å². The molecule has 0 aliphatic heterocycles. The fourth-order valence-corrected chi connectivity index (χ4v) is 9.68. The third-order valence-corrected chi connectivity index (χ3v) is 11.9. The van der Waals surface area contributed by atoms with E-state index in [2.05, 4.69) is 46.0 Å². The summed E-state index contributed by atoms with van der Waals surface area (Å²) < 4.78 is 10.9. The van der Waals surface area contributed by atoms with Gasteiger partial charge < -0.3 is 19.9 Å². The highest BCUT2D eigenvalue weighted by Crippen LogP contribution is 2.67. The SMILES string of the molecule is COCCC(O)CCNC(=O)O[C@@H]1CC[C@]2(C)C(=CCC3C2CC[C@]2(C)C3CC[C@H]2[C@@H](C)CCCC(C)C)C1. The Labute approximate surface area is 239 Å². The van der Waals surface area contributed by atoms with E-state index in [1.807, 2.05) is 0 Å². The number of ether oxygens (including phenoxy) is 2. The Morgan fingerprint density at radius 2 is 1.85 bits per heavy atom. The molecule has 4 unspecified atom stereocenters. The van der Waals surface area contributed by atoms with Crippen LogP contribution in [0.5, 0.6) is 0 Å². The second-order valence-electron chi connectivity index (χ2n) is 14.7. The Kier molecular flexibility index (Phi) is 10.5. The number of aliphatic hydroxyl groups is 1. The van der Waals surface area contributed by atoms with Crippen molar-refractivity contribution in [3.05, 3.63) is 11.6 Å². The number of aliphatic hydroxyl groups excluding tert-OH is 1. The molecule has 0 saturated heterocycles. The van der Waals surface area contributed by atoms with Crippen molar-refractivity contribution in [2.75, 3.05) is 20.3 Å². The monoisotopic (exact) mass is 545 g/mol. The molecule has 0 aromatic carbocycles. The van der Waals surface area contributed by atoms with Gasteiger partial charge in [-0.25, -0.2) is 4.79 Å². The Morgan fingerprint density at radius 1 is 1.05 bits per heavy atom. The number of nitrogens with one attached hydrogen (secondary N) is 1. The zero-order valence-corrected chi connectivity index (χ0v) is 26.0. The number of alkyl carbamates (subject to hydrolysis) is 1. The van der Waals surface area contributed by atoms with E-state index in [1.165, 1.54) is 51.4 Å². The molecule has 5 nitrogen and oxygen atoms in total. The van der Waals surface area contributed by atoms with Gasteiger partial charge in [-0.05, 0) is 104 Å². The maximum absolute atomic E-state index is 12.5. The summed E-state index contributed by atoms with van der Waals surface area (Å²) in [7, 11) is 1.63. The second-order valence-corrected chi connectivity index (χ2v) is 14.7. The Bertz CT molecular complexity index is 841. The number of rotatable bonds is 12. The summed E-state index contributed by atoms with van der Waals surface area (Å²) in [4.78, 5) is 12.5. The summed E-state index contributed by atoms with van der Waals surface area (Å²) in [6, 6.07) is 0. The molecular weight excluding hydrogens is 486 g/mol. The van der Waals surface area contributed by atoms with Crippen LogP contribution in [0, 0.1) is 46.3 Å². The smallest absolute Gasteiger partial charge is 0.407 e. The lowest BCUT2D eigenvalue weighted by Crippen LogP contribution is -2.51. The number of methoxy groups -OCH3 is 1. The van der Waals surface area contributed by atoms with Gasteiger partial charge in [0.2, 0.25) is 0 Å².